The van der Waals surface area contributed by atoms with Gasteiger partial charge in [-0.25, -0.2) is 4.98 Å². The second-order valence-corrected chi connectivity index (χ2v) is 6.08. The van der Waals surface area contributed by atoms with E-state index in [1.165, 1.54) is 6.07 Å². The molecule has 7 heteroatoms. The highest BCUT2D eigenvalue weighted by Crippen LogP contribution is 2.39. The highest BCUT2D eigenvalue weighted by molar-refractivity contribution is 6.44. The maximum absolute atomic E-state index is 11.3. The summed E-state index contributed by atoms with van der Waals surface area (Å²) in [4.78, 5) is 15.1. The third-order valence-corrected chi connectivity index (χ3v) is 3.66. The van der Waals surface area contributed by atoms with Gasteiger partial charge in [-0.15, -0.1) is 0 Å². The van der Waals surface area contributed by atoms with Crippen molar-refractivity contribution >= 4 is 51.4 Å². The van der Waals surface area contributed by atoms with Crippen LogP contribution in [0.25, 0.3) is 10.9 Å². The van der Waals surface area contributed by atoms with Crippen molar-refractivity contribution in [3.63, 3.8) is 0 Å². The average Bonchev–Trinajstić information content (AvgIpc) is 2.25. The Hall–Kier alpha value is -1.10. The van der Waals surface area contributed by atoms with Gasteiger partial charge in [-0.3, -0.25) is 10.1 Å². The molecule has 0 aliphatic carbocycles. The average molecular weight is 334 g/mol. The first-order chi connectivity index (χ1) is 9.31. The van der Waals surface area contributed by atoms with E-state index in [1.807, 2.05) is 13.8 Å². The fourth-order valence-corrected chi connectivity index (χ4v) is 3.03. The van der Waals surface area contributed by atoms with Crippen molar-refractivity contribution in [3.05, 3.63) is 43.0 Å². The molecule has 0 saturated heterocycles. The minimum atomic E-state index is -0.516. The van der Waals surface area contributed by atoms with E-state index >= 15 is 0 Å². The first-order valence-corrected chi connectivity index (χ1v) is 7.06. The van der Waals surface area contributed by atoms with Crippen molar-refractivity contribution in [1.82, 2.24) is 4.98 Å². The van der Waals surface area contributed by atoms with Gasteiger partial charge in [-0.2, -0.15) is 0 Å². The summed E-state index contributed by atoms with van der Waals surface area (Å²) in [6.07, 6.45) is 0.454. The monoisotopic (exact) mass is 332 g/mol. The van der Waals surface area contributed by atoms with Gasteiger partial charge >= 0.3 is 5.69 Å². The molecule has 2 rings (SSSR count). The third kappa shape index (κ3) is 2.82. The zero-order chi connectivity index (χ0) is 15.0. The number of benzene rings is 1. The number of aromatic nitrogens is 1. The molecular formula is C13H11Cl3N2O2. The number of fused-ring (bicyclic) bond motifs is 1. The Kier molecular flexibility index (Phi) is 4.37. The molecule has 0 atom stereocenters. The summed E-state index contributed by atoms with van der Waals surface area (Å²) in [6.45, 7) is 3.91. The van der Waals surface area contributed by atoms with Crippen molar-refractivity contribution in [3.8, 4) is 0 Å². The molecule has 1 aromatic heterocycles. The van der Waals surface area contributed by atoms with Gasteiger partial charge in [0.2, 0.25) is 0 Å². The van der Waals surface area contributed by atoms with Crippen LogP contribution in [-0.4, -0.2) is 9.91 Å². The normalized spacial score (nSPS) is 11.3. The fourth-order valence-electron chi connectivity index (χ4n) is 2.02. The summed E-state index contributed by atoms with van der Waals surface area (Å²) >= 11 is 18.2. The van der Waals surface area contributed by atoms with Crippen molar-refractivity contribution in [1.29, 1.82) is 0 Å². The summed E-state index contributed by atoms with van der Waals surface area (Å²) in [5.41, 5.74) is 0.631. The number of hydrogen-bond acceptors (Lipinski definition) is 3. The lowest BCUT2D eigenvalue weighted by molar-refractivity contribution is -0.385. The Labute approximate surface area is 130 Å². The molecule has 0 bridgehead atoms. The van der Waals surface area contributed by atoms with E-state index in [9.17, 15) is 10.1 Å². The number of rotatable bonds is 3. The minimum absolute atomic E-state index is 0.0114. The number of hydrogen-bond donors (Lipinski definition) is 0. The fraction of sp³-hybridized carbons (Fsp3) is 0.308. The molecule has 0 aliphatic heterocycles. The third-order valence-electron chi connectivity index (χ3n) is 2.77. The molecule has 0 amide bonds. The van der Waals surface area contributed by atoms with Crippen molar-refractivity contribution in [2.24, 2.45) is 5.92 Å². The Morgan fingerprint density at radius 2 is 1.95 bits per heavy atom. The van der Waals surface area contributed by atoms with E-state index in [0.717, 1.165) is 0 Å². The summed E-state index contributed by atoms with van der Waals surface area (Å²) in [7, 11) is 0. The molecule has 4 nitrogen and oxygen atoms in total. The van der Waals surface area contributed by atoms with Crippen LogP contribution in [0.3, 0.4) is 0 Å². The van der Waals surface area contributed by atoms with Gasteiger partial charge in [0.15, 0.2) is 0 Å². The lowest BCUT2D eigenvalue weighted by Gasteiger charge is -2.10. The maximum atomic E-state index is 11.3. The van der Waals surface area contributed by atoms with Gasteiger partial charge in [0.25, 0.3) is 0 Å². The Morgan fingerprint density at radius 3 is 2.50 bits per heavy atom. The molecule has 0 fully saturated rings. The van der Waals surface area contributed by atoms with Gasteiger partial charge in [0, 0.05) is 10.4 Å². The largest absolute Gasteiger partial charge is 0.309 e. The zero-order valence-electron chi connectivity index (χ0n) is 10.8. The summed E-state index contributed by atoms with van der Waals surface area (Å²) in [5.74, 6) is 0.212. The lowest BCUT2D eigenvalue weighted by atomic mass is 10.0. The lowest BCUT2D eigenvalue weighted by Crippen LogP contribution is -2.04. The maximum Gasteiger partial charge on any atom is 0.309 e. The van der Waals surface area contributed by atoms with Crippen LogP contribution in [0.1, 0.15) is 19.5 Å². The molecule has 1 heterocycles. The number of nitro groups is 1. The van der Waals surface area contributed by atoms with Crippen molar-refractivity contribution < 1.29 is 4.92 Å². The molecular weight excluding hydrogens is 323 g/mol. The smallest absolute Gasteiger partial charge is 0.258 e. The Bertz CT molecular complexity index is 702. The Morgan fingerprint density at radius 1 is 1.30 bits per heavy atom. The predicted molar refractivity (Wildman–Crippen MR) is 82.0 cm³/mol. The van der Waals surface area contributed by atoms with Crippen LogP contribution < -0.4 is 0 Å². The van der Waals surface area contributed by atoms with Crippen LogP contribution in [0.5, 0.6) is 0 Å². The summed E-state index contributed by atoms with van der Waals surface area (Å²) in [6, 6.07) is 3.09. The quantitative estimate of drug-likeness (QED) is 0.565. The molecule has 0 unspecified atom stereocenters. The second-order valence-electron chi connectivity index (χ2n) is 4.86. The van der Waals surface area contributed by atoms with E-state index < -0.39 is 4.92 Å². The standard InChI is InChI=1S/C13H11Cl3N2O2/c1-6(2)3-10-13(18(19)20)12(16)11-8(15)4-7(14)5-9(11)17-10/h4-6H,3H2,1-2H3. The molecule has 20 heavy (non-hydrogen) atoms. The molecule has 0 aliphatic rings. The van der Waals surface area contributed by atoms with E-state index in [-0.39, 0.29) is 21.7 Å². The van der Waals surface area contributed by atoms with Crippen LogP contribution in [0.2, 0.25) is 15.1 Å². The van der Waals surface area contributed by atoms with Crippen LogP contribution in [-0.2, 0) is 6.42 Å². The second kappa shape index (κ2) is 5.72. The highest BCUT2D eigenvalue weighted by atomic mass is 35.5. The SMILES string of the molecule is CC(C)Cc1nc2cc(Cl)cc(Cl)c2c(Cl)c1[N+](=O)[O-]. The van der Waals surface area contributed by atoms with Crippen molar-refractivity contribution in [2.75, 3.05) is 0 Å². The number of nitrogens with zero attached hydrogens (tertiary/aromatic N) is 2. The van der Waals surface area contributed by atoms with Crippen LogP contribution in [0.4, 0.5) is 5.69 Å². The summed E-state index contributed by atoms with van der Waals surface area (Å²) in [5, 5.41) is 12.3. The van der Waals surface area contributed by atoms with E-state index in [1.54, 1.807) is 6.07 Å². The highest BCUT2D eigenvalue weighted by Gasteiger charge is 2.25. The van der Waals surface area contributed by atoms with Gasteiger partial charge in [-0.05, 0) is 24.5 Å². The van der Waals surface area contributed by atoms with Crippen LogP contribution in [0, 0.1) is 16.0 Å². The number of pyridine rings is 1. The van der Waals surface area contributed by atoms with E-state index in [4.69, 9.17) is 34.8 Å². The van der Waals surface area contributed by atoms with Crippen LogP contribution in [0.15, 0.2) is 12.1 Å². The van der Waals surface area contributed by atoms with Crippen LogP contribution >= 0.6 is 34.8 Å². The van der Waals surface area contributed by atoms with E-state index in [2.05, 4.69) is 4.98 Å². The molecule has 2 aromatic rings. The van der Waals surface area contributed by atoms with Gasteiger partial charge < -0.3 is 0 Å². The van der Waals surface area contributed by atoms with Crippen molar-refractivity contribution in [2.45, 2.75) is 20.3 Å². The minimum Gasteiger partial charge on any atom is -0.258 e. The predicted octanol–water partition coefficient (Wildman–Crippen LogP) is 5.30. The van der Waals surface area contributed by atoms with Gasteiger partial charge in [0.1, 0.15) is 10.7 Å². The topological polar surface area (TPSA) is 56.0 Å². The zero-order valence-corrected chi connectivity index (χ0v) is 13.1. The molecule has 106 valence electrons. The van der Waals surface area contributed by atoms with Gasteiger partial charge in [-0.1, -0.05) is 48.7 Å². The molecule has 0 spiro atoms. The first kappa shape index (κ1) is 15.3. The molecule has 0 saturated carbocycles. The van der Waals surface area contributed by atoms with E-state index in [0.29, 0.717) is 28.0 Å². The van der Waals surface area contributed by atoms with Gasteiger partial charge in [0.05, 0.1) is 15.5 Å². The molecule has 0 radical (unpaired) electrons. The summed E-state index contributed by atoms with van der Waals surface area (Å²) < 4.78 is 0. The first-order valence-electron chi connectivity index (χ1n) is 5.92. The molecule has 1 aromatic carbocycles. The Balaban J connectivity index is 2.85. The number of halogens is 3. The molecule has 0 N–H and O–H groups in total.